The quantitative estimate of drug-likeness (QED) is 0.569. The standard InChI is InChI=1S/C22H18N2O3S/c1-15-12-21(19-8-4-5-9-20(19)23-15)24-22(25)14-28(26,27)18-11-10-16-6-2-3-7-17(16)13-18/h2-13H,14H2,1H3,(H,23,24,25). The summed E-state index contributed by atoms with van der Waals surface area (Å²) in [4.78, 5) is 17.1. The van der Waals surface area contributed by atoms with Crippen LogP contribution in [0.1, 0.15) is 5.69 Å². The van der Waals surface area contributed by atoms with Gasteiger partial charge in [0.25, 0.3) is 0 Å². The maximum Gasteiger partial charge on any atom is 0.239 e. The smallest absolute Gasteiger partial charge is 0.239 e. The highest BCUT2D eigenvalue weighted by atomic mass is 32.2. The number of hydrogen-bond donors (Lipinski definition) is 1. The Bertz CT molecular complexity index is 1310. The number of carbonyl (C=O) groups excluding carboxylic acids is 1. The second-order valence-corrected chi connectivity index (χ2v) is 8.63. The summed E-state index contributed by atoms with van der Waals surface area (Å²) < 4.78 is 25.5. The molecular weight excluding hydrogens is 372 g/mol. The fourth-order valence-corrected chi connectivity index (χ4v) is 4.38. The third-order valence-electron chi connectivity index (χ3n) is 4.52. The molecule has 0 spiro atoms. The Morgan fingerprint density at radius 2 is 1.64 bits per heavy atom. The molecule has 4 aromatic rings. The molecule has 6 heteroatoms. The van der Waals surface area contributed by atoms with Crippen molar-refractivity contribution >= 4 is 43.1 Å². The van der Waals surface area contributed by atoms with Crippen molar-refractivity contribution < 1.29 is 13.2 Å². The number of anilines is 1. The summed E-state index contributed by atoms with van der Waals surface area (Å²) in [5.41, 5.74) is 2.04. The number of fused-ring (bicyclic) bond motifs is 2. The number of nitrogens with zero attached hydrogens (tertiary/aromatic N) is 1. The molecule has 0 saturated heterocycles. The summed E-state index contributed by atoms with van der Waals surface area (Å²) in [5.74, 6) is -1.20. The maximum atomic E-state index is 12.7. The first-order chi connectivity index (χ1) is 13.4. The zero-order valence-electron chi connectivity index (χ0n) is 15.2. The van der Waals surface area contributed by atoms with Crippen molar-refractivity contribution in [1.82, 2.24) is 4.98 Å². The van der Waals surface area contributed by atoms with E-state index >= 15 is 0 Å². The van der Waals surface area contributed by atoms with Crippen LogP contribution in [0.3, 0.4) is 0 Å². The van der Waals surface area contributed by atoms with Crippen molar-refractivity contribution in [2.45, 2.75) is 11.8 Å². The first-order valence-corrected chi connectivity index (χ1v) is 10.5. The van der Waals surface area contributed by atoms with Gasteiger partial charge in [-0.15, -0.1) is 0 Å². The lowest BCUT2D eigenvalue weighted by Gasteiger charge is -2.10. The van der Waals surface area contributed by atoms with Crippen LogP contribution >= 0.6 is 0 Å². The average Bonchev–Trinajstić information content (AvgIpc) is 2.67. The van der Waals surface area contributed by atoms with Gasteiger partial charge in [0.05, 0.1) is 16.1 Å². The van der Waals surface area contributed by atoms with E-state index in [-0.39, 0.29) is 4.90 Å². The Kier molecular flexibility index (Phi) is 4.57. The van der Waals surface area contributed by atoms with Gasteiger partial charge in [-0.25, -0.2) is 8.42 Å². The molecule has 28 heavy (non-hydrogen) atoms. The van der Waals surface area contributed by atoms with Crippen molar-refractivity contribution in [2.75, 3.05) is 11.1 Å². The summed E-state index contributed by atoms with van der Waals surface area (Å²) in [5, 5.41) is 5.27. The third kappa shape index (κ3) is 3.59. The predicted octanol–water partition coefficient (Wildman–Crippen LogP) is 4.11. The molecule has 0 bridgehead atoms. The Hall–Kier alpha value is -3.25. The number of sulfone groups is 1. The van der Waals surface area contributed by atoms with Crippen LogP contribution in [0.15, 0.2) is 77.7 Å². The van der Waals surface area contributed by atoms with Gasteiger partial charge in [-0.2, -0.15) is 0 Å². The molecule has 0 unspecified atom stereocenters. The number of amides is 1. The maximum absolute atomic E-state index is 12.7. The van der Waals surface area contributed by atoms with Gasteiger partial charge in [0.15, 0.2) is 9.84 Å². The molecule has 0 radical (unpaired) electrons. The van der Waals surface area contributed by atoms with Crippen molar-refractivity contribution in [2.24, 2.45) is 0 Å². The van der Waals surface area contributed by atoms with Crippen molar-refractivity contribution in [3.05, 3.63) is 78.5 Å². The molecule has 1 amide bonds. The van der Waals surface area contributed by atoms with Crippen LogP contribution < -0.4 is 5.32 Å². The molecule has 0 aliphatic heterocycles. The van der Waals surface area contributed by atoms with E-state index in [1.807, 2.05) is 55.5 Å². The monoisotopic (exact) mass is 390 g/mol. The number of pyridine rings is 1. The van der Waals surface area contributed by atoms with E-state index in [0.29, 0.717) is 5.69 Å². The highest BCUT2D eigenvalue weighted by Gasteiger charge is 2.20. The van der Waals surface area contributed by atoms with Crippen molar-refractivity contribution in [1.29, 1.82) is 0 Å². The molecule has 3 aromatic carbocycles. The molecule has 0 saturated carbocycles. The van der Waals surface area contributed by atoms with E-state index in [9.17, 15) is 13.2 Å². The molecule has 0 atom stereocenters. The topological polar surface area (TPSA) is 76.1 Å². The SMILES string of the molecule is Cc1cc(NC(=O)CS(=O)(=O)c2ccc3ccccc3c2)c2ccccc2n1. The number of rotatable bonds is 4. The molecule has 0 aliphatic carbocycles. The van der Waals surface area contributed by atoms with Gasteiger partial charge >= 0.3 is 0 Å². The van der Waals surface area contributed by atoms with Gasteiger partial charge in [0.1, 0.15) is 5.75 Å². The normalized spacial score (nSPS) is 11.6. The lowest BCUT2D eigenvalue weighted by molar-refractivity contribution is -0.113. The molecule has 4 rings (SSSR count). The largest absolute Gasteiger partial charge is 0.325 e. The summed E-state index contributed by atoms with van der Waals surface area (Å²) in [6, 6.07) is 21.5. The molecule has 5 nitrogen and oxygen atoms in total. The highest BCUT2D eigenvalue weighted by molar-refractivity contribution is 7.92. The lowest BCUT2D eigenvalue weighted by atomic mass is 10.1. The Morgan fingerprint density at radius 3 is 2.46 bits per heavy atom. The number of aromatic nitrogens is 1. The van der Waals surface area contributed by atoms with Gasteiger partial charge in [0.2, 0.25) is 5.91 Å². The van der Waals surface area contributed by atoms with Gasteiger partial charge < -0.3 is 5.32 Å². The minimum absolute atomic E-state index is 0.136. The Labute approximate surface area is 163 Å². The molecule has 1 aromatic heterocycles. The van der Waals surface area contributed by atoms with Gasteiger partial charge in [-0.3, -0.25) is 9.78 Å². The molecule has 0 aliphatic rings. The third-order valence-corrected chi connectivity index (χ3v) is 6.13. The predicted molar refractivity (Wildman–Crippen MR) is 111 cm³/mol. The van der Waals surface area contributed by atoms with E-state index in [4.69, 9.17) is 0 Å². The van der Waals surface area contributed by atoms with E-state index in [0.717, 1.165) is 27.4 Å². The van der Waals surface area contributed by atoms with Crippen LogP contribution in [0.4, 0.5) is 5.69 Å². The van der Waals surface area contributed by atoms with Crippen LogP contribution in [-0.2, 0) is 14.6 Å². The Morgan fingerprint density at radius 1 is 0.929 bits per heavy atom. The number of para-hydroxylation sites is 1. The molecule has 1 heterocycles. The van der Waals surface area contributed by atoms with Gasteiger partial charge in [0, 0.05) is 11.1 Å². The summed E-state index contributed by atoms with van der Waals surface area (Å²) >= 11 is 0. The number of benzene rings is 3. The minimum atomic E-state index is -3.76. The van der Waals surface area contributed by atoms with Crippen LogP contribution in [0.5, 0.6) is 0 Å². The Balaban J connectivity index is 1.61. The van der Waals surface area contributed by atoms with Crippen LogP contribution in [0, 0.1) is 6.92 Å². The van der Waals surface area contributed by atoms with E-state index in [1.165, 1.54) is 6.07 Å². The molecule has 140 valence electrons. The van der Waals surface area contributed by atoms with Gasteiger partial charge in [-0.1, -0.05) is 48.5 Å². The average molecular weight is 390 g/mol. The minimum Gasteiger partial charge on any atom is -0.325 e. The zero-order chi connectivity index (χ0) is 19.7. The first kappa shape index (κ1) is 18.1. The van der Waals surface area contributed by atoms with Crippen LogP contribution in [0.25, 0.3) is 21.7 Å². The fraction of sp³-hybridized carbons (Fsp3) is 0.0909. The number of carbonyl (C=O) groups is 1. The lowest BCUT2D eigenvalue weighted by Crippen LogP contribution is -2.23. The van der Waals surface area contributed by atoms with E-state index in [1.54, 1.807) is 18.2 Å². The second-order valence-electron chi connectivity index (χ2n) is 6.64. The second kappa shape index (κ2) is 7.05. The first-order valence-electron chi connectivity index (χ1n) is 8.80. The molecule has 1 N–H and O–H groups in total. The van der Waals surface area contributed by atoms with Crippen LogP contribution in [0.2, 0.25) is 0 Å². The molecule has 0 fully saturated rings. The fourth-order valence-electron chi connectivity index (χ4n) is 3.21. The highest BCUT2D eigenvalue weighted by Crippen LogP contribution is 2.24. The number of nitrogens with one attached hydrogen (secondary N) is 1. The summed E-state index contributed by atoms with van der Waals surface area (Å²) in [6.45, 7) is 1.83. The summed E-state index contributed by atoms with van der Waals surface area (Å²) in [6.07, 6.45) is 0. The van der Waals surface area contributed by atoms with Crippen molar-refractivity contribution in [3.63, 3.8) is 0 Å². The zero-order valence-corrected chi connectivity index (χ0v) is 16.0. The van der Waals surface area contributed by atoms with Gasteiger partial charge in [-0.05, 0) is 42.0 Å². The molecular formula is C22H18N2O3S. The van der Waals surface area contributed by atoms with E-state index in [2.05, 4.69) is 10.3 Å². The van der Waals surface area contributed by atoms with Crippen molar-refractivity contribution in [3.8, 4) is 0 Å². The number of aryl methyl sites for hydroxylation is 1. The number of hydrogen-bond acceptors (Lipinski definition) is 4. The summed E-state index contributed by atoms with van der Waals surface area (Å²) in [7, 11) is -3.76. The van der Waals surface area contributed by atoms with Crippen LogP contribution in [-0.4, -0.2) is 25.1 Å². The van der Waals surface area contributed by atoms with E-state index < -0.39 is 21.5 Å².